The molecule has 0 radical (unpaired) electrons. The highest BCUT2D eigenvalue weighted by molar-refractivity contribution is 5.89. The van der Waals surface area contributed by atoms with Gasteiger partial charge in [-0.15, -0.1) is 12.4 Å². The van der Waals surface area contributed by atoms with Gasteiger partial charge >= 0.3 is 5.97 Å². The average molecular weight is 355 g/mol. The lowest BCUT2D eigenvalue weighted by atomic mass is 10.1. The lowest BCUT2D eigenvalue weighted by Crippen LogP contribution is -2.23. The molecule has 0 saturated carbocycles. The highest BCUT2D eigenvalue weighted by Gasteiger charge is 2.08. The maximum atomic E-state index is 11.0. The van der Waals surface area contributed by atoms with Crippen molar-refractivity contribution in [1.82, 2.24) is 10.6 Å². The van der Waals surface area contributed by atoms with Crippen LogP contribution in [0.1, 0.15) is 22.5 Å². The summed E-state index contributed by atoms with van der Waals surface area (Å²) >= 11 is 0. The Labute approximate surface area is 147 Å². The minimum atomic E-state index is -0.949. The van der Waals surface area contributed by atoms with Gasteiger partial charge in [0, 0.05) is 12.1 Å². The molecule has 1 aromatic heterocycles. The highest BCUT2D eigenvalue weighted by Crippen LogP contribution is 2.23. The molecule has 0 aliphatic rings. The molecule has 7 heteroatoms. The lowest BCUT2D eigenvalue weighted by Gasteiger charge is -2.04. The zero-order chi connectivity index (χ0) is 16.5. The van der Waals surface area contributed by atoms with Crippen LogP contribution in [0.4, 0.5) is 0 Å². The van der Waals surface area contributed by atoms with E-state index < -0.39 is 5.97 Å². The second-order valence-electron chi connectivity index (χ2n) is 5.16. The van der Waals surface area contributed by atoms with Crippen LogP contribution in [0.15, 0.2) is 40.8 Å². The maximum Gasteiger partial charge on any atom is 0.335 e. The molecule has 0 atom stereocenters. The molecule has 0 aliphatic heterocycles. The first-order valence-electron chi connectivity index (χ1n) is 7.65. The Morgan fingerprint density at radius 2 is 1.88 bits per heavy atom. The topological polar surface area (TPSA) is 94.7 Å². The third kappa shape index (κ3) is 6.33. The lowest BCUT2D eigenvalue weighted by molar-refractivity contribution is 0.0697. The standard InChI is InChI=1S/C17H22N2O4.ClH/c20-10-9-18-7-2-8-19-12-15-5-6-16(23-15)13-3-1-4-14(11-13)17(21)22;/h1,3-6,11,18-20H,2,7-10,12H2,(H,21,22);1H. The molecule has 0 fully saturated rings. The zero-order valence-electron chi connectivity index (χ0n) is 13.3. The van der Waals surface area contributed by atoms with Gasteiger partial charge in [-0.25, -0.2) is 4.79 Å². The second-order valence-corrected chi connectivity index (χ2v) is 5.16. The molecule has 2 rings (SSSR count). The molecule has 0 unspecified atom stereocenters. The summed E-state index contributed by atoms with van der Waals surface area (Å²) in [6.07, 6.45) is 0.966. The van der Waals surface area contributed by atoms with Gasteiger partial charge in [0.25, 0.3) is 0 Å². The van der Waals surface area contributed by atoms with Crippen molar-refractivity contribution in [3.63, 3.8) is 0 Å². The number of aromatic carboxylic acids is 1. The van der Waals surface area contributed by atoms with Crippen LogP contribution in [0.2, 0.25) is 0 Å². The summed E-state index contributed by atoms with van der Waals surface area (Å²) in [6, 6.07) is 10.4. The van der Waals surface area contributed by atoms with Gasteiger partial charge in [0.05, 0.1) is 18.7 Å². The van der Waals surface area contributed by atoms with E-state index in [1.807, 2.05) is 18.2 Å². The number of hydrogen-bond donors (Lipinski definition) is 4. The number of nitrogens with one attached hydrogen (secondary N) is 2. The van der Waals surface area contributed by atoms with Crippen LogP contribution in [-0.4, -0.2) is 42.4 Å². The number of furan rings is 1. The normalized spacial score (nSPS) is 10.4. The number of aliphatic hydroxyl groups is 1. The monoisotopic (exact) mass is 354 g/mol. The van der Waals surface area contributed by atoms with Gasteiger partial charge in [-0.1, -0.05) is 12.1 Å². The zero-order valence-corrected chi connectivity index (χ0v) is 14.1. The predicted molar refractivity (Wildman–Crippen MR) is 94.6 cm³/mol. The summed E-state index contributed by atoms with van der Waals surface area (Å²) in [7, 11) is 0. The van der Waals surface area contributed by atoms with Crippen LogP contribution in [0.3, 0.4) is 0 Å². The molecule has 2 aromatic rings. The van der Waals surface area contributed by atoms with Crippen molar-refractivity contribution in [2.24, 2.45) is 0 Å². The van der Waals surface area contributed by atoms with E-state index in [9.17, 15) is 4.79 Å². The van der Waals surface area contributed by atoms with E-state index in [1.165, 1.54) is 0 Å². The Morgan fingerprint density at radius 1 is 1.08 bits per heavy atom. The number of carboxylic acids is 1. The van der Waals surface area contributed by atoms with Gasteiger partial charge < -0.3 is 25.3 Å². The fourth-order valence-corrected chi connectivity index (χ4v) is 2.19. The molecular formula is C17H23ClN2O4. The molecule has 0 bridgehead atoms. The van der Waals surface area contributed by atoms with Crippen molar-refractivity contribution in [3.8, 4) is 11.3 Å². The number of halogens is 1. The summed E-state index contributed by atoms with van der Waals surface area (Å²) in [5.41, 5.74) is 0.998. The van der Waals surface area contributed by atoms with E-state index in [4.69, 9.17) is 14.6 Å². The van der Waals surface area contributed by atoms with Gasteiger partial charge in [0.15, 0.2) is 0 Å². The van der Waals surface area contributed by atoms with Crippen LogP contribution in [0.5, 0.6) is 0 Å². The molecular weight excluding hydrogens is 332 g/mol. The number of hydrogen-bond acceptors (Lipinski definition) is 5. The smallest absolute Gasteiger partial charge is 0.335 e. The molecule has 4 N–H and O–H groups in total. The van der Waals surface area contributed by atoms with Crippen LogP contribution in [-0.2, 0) is 6.54 Å². The fourth-order valence-electron chi connectivity index (χ4n) is 2.19. The van der Waals surface area contributed by atoms with E-state index >= 15 is 0 Å². The summed E-state index contributed by atoms with van der Waals surface area (Å²) in [6.45, 7) is 3.11. The minimum Gasteiger partial charge on any atom is -0.478 e. The highest BCUT2D eigenvalue weighted by atomic mass is 35.5. The van der Waals surface area contributed by atoms with Crippen molar-refractivity contribution in [2.75, 3.05) is 26.2 Å². The van der Waals surface area contributed by atoms with Crippen molar-refractivity contribution < 1.29 is 19.4 Å². The van der Waals surface area contributed by atoms with E-state index in [2.05, 4.69) is 10.6 Å². The quantitative estimate of drug-likeness (QED) is 0.488. The third-order valence-electron chi connectivity index (χ3n) is 3.35. The summed E-state index contributed by atoms with van der Waals surface area (Å²) in [5, 5.41) is 24.1. The predicted octanol–water partition coefficient (Wildman–Crippen LogP) is 2.13. The first-order chi connectivity index (χ1) is 11.2. The number of rotatable bonds is 10. The minimum absolute atomic E-state index is 0. The maximum absolute atomic E-state index is 11.0. The van der Waals surface area contributed by atoms with Crippen LogP contribution >= 0.6 is 12.4 Å². The Balaban J connectivity index is 0.00000288. The largest absolute Gasteiger partial charge is 0.478 e. The van der Waals surface area contributed by atoms with Gasteiger partial charge in [0.1, 0.15) is 11.5 Å². The van der Waals surface area contributed by atoms with Crippen LogP contribution in [0.25, 0.3) is 11.3 Å². The van der Waals surface area contributed by atoms with Gasteiger partial charge in [-0.2, -0.15) is 0 Å². The number of aliphatic hydroxyl groups excluding tert-OH is 1. The molecule has 132 valence electrons. The van der Waals surface area contributed by atoms with E-state index in [-0.39, 0.29) is 24.6 Å². The van der Waals surface area contributed by atoms with Crippen molar-refractivity contribution in [3.05, 3.63) is 47.7 Å². The molecule has 6 nitrogen and oxygen atoms in total. The van der Waals surface area contributed by atoms with Crippen LogP contribution < -0.4 is 10.6 Å². The van der Waals surface area contributed by atoms with E-state index in [1.54, 1.807) is 18.2 Å². The Bertz CT molecular complexity index is 631. The molecule has 0 saturated heterocycles. The van der Waals surface area contributed by atoms with Crippen molar-refractivity contribution in [1.29, 1.82) is 0 Å². The number of benzene rings is 1. The summed E-state index contributed by atoms with van der Waals surface area (Å²) in [4.78, 5) is 11.0. The molecule has 0 amide bonds. The van der Waals surface area contributed by atoms with E-state index in [0.29, 0.717) is 18.8 Å². The SMILES string of the molecule is Cl.O=C(O)c1cccc(-c2ccc(CNCCCNCCO)o2)c1. The second kappa shape index (κ2) is 10.8. The van der Waals surface area contributed by atoms with E-state index in [0.717, 1.165) is 30.8 Å². The number of carbonyl (C=O) groups is 1. The summed E-state index contributed by atoms with van der Waals surface area (Å²) in [5.74, 6) is 0.522. The first kappa shape index (κ1) is 20.2. The van der Waals surface area contributed by atoms with Gasteiger partial charge in [-0.05, 0) is 43.8 Å². The summed E-state index contributed by atoms with van der Waals surface area (Å²) < 4.78 is 5.75. The molecule has 1 heterocycles. The Kier molecular flexibility index (Phi) is 9.11. The van der Waals surface area contributed by atoms with Crippen molar-refractivity contribution >= 4 is 18.4 Å². The Morgan fingerprint density at radius 3 is 2.62 bits per heavy atom. The molecule has 0 aliphatic carbocycles. The molecule has 0 spiro atoms. The Hall–Kier alpha value is -1.86. The van der Waals surface area contributed by atoms with Crippen LogP contribution in [0, 0.1) is 0 Å². The first-order valence-corrected chi connectivity index (χ1v) is 7.65. The number of carboxylic acid groups (broad SMARTS) is 1. The van der Waals surface area contributed by atoms with Gasteiger partial charge in [-0.3, -0.25) is 0 Å². The molecule has 24 heavy (non-hydrogen) atoms. The average Bonchev–Trinajstić information content (AvgIpc) is 3.03. The molecule has 1 aromatic carbocycles. The van der Waals surface area contributed by atoms with Gasteiger partial charge in [0.2, 0.25) is 0 Å². The third-order valence-corrected chi connectivity index (χ3v) is 3.35. The fraction of sp³-hybridized carbons (Fsp3) is 0.353. The van der Waals surface area contributed by atoms with Crippen molar-refractivity contribution in [2.45, 2.75) is 13.0 Å².